The van der Waals surface area contributed by atoms with Crippen LogP contribution >= 0.6 is 0 Å². The van der Waals surface area contributed by atoms with Crippen molar-refractivity contribution in [1.29, 1.82) is 0 Å². The molecule has 0 aromatic rings. The highest BCUT2D eigenvalue weighted by atomic mass is 28.4. The largest absolute Gasteiger partial charge is 0.500 e. The van der Waals surface area contributed by atoms with Crippen molar-refractivity contribution in [3.05, 3.63) is 0 Å². The maximum atomic E-state index is 6.02. The van der Waals surface area contributed by atoms with Crippen LogP contribution in [0.3, 0.4) is 0 Å². The number of hydrogen-bond acceptors (Lipinski definition) is 6. The van der Waals surface area contributed by atoms with Gasteiger partial charge in [0.15, 0.2) is 0 Å². The third-order valence-corrected chi connectivity index (χ3v) is 16.3. The van der Waals surface area contributed by atoms with Gasteiger partial charge in [0.2, 0.25) is 0 Å². The van der Waals surface area contributed by atoms with E-state index in [1.165, 1.54) is 37.6 Å². The van der Waals surface area contributed by atoms with E-state index in [1.54, 1.807) is 0 Å². The molecule has 1 N–H and O–H groups in total. The summed E-state index contributed by atoms with van der Waals surface area (Å²) in [5.74, 6) is 0. The average molecular weight is 506 g/mol. The molecule has 0 radical (unpaired) electrons. The van der Waals surface area contributed by atoms with Crippen LogP contribution in [0.2, 0.25) is 24.2 Å². The number of likely N-dealkylation sites (N-methyl/N-ethyl adjacent to an activating group) is 1. The summed E-state index contributed by atoms with van der Waals surface area (Å²) in [4.78, 5) is 2.58. The van der Waals surface area contributed by atoms with Crippen LogP contribution in [0.5, 0.6) is 0 Å². The molecule has 6 nitrogen and oxygen atoms in total. The molecule has 0 rings (SSSR count). The molecule has 0 aromatic carbocycles. The van der Waals surface area contributed by atoms with Crippen LogP contribution in [0.1, 0.15) is 75.2 Å². The number of hydrogen-bond donors (Lipinski definition) is 1. The summed E-state index contributed by atoms with van der Waals surface area (Å²) in [6.07, 6.45) is 2.23. The Balaban J connectivity index is 5.12. The van der Waals surface area contributed by atoms with Gasteiger partial charge in [-0.3, -0.25) is 0 Å². The Labute approximate surface area is 209 Å². The molecule has 33 heavy (non-hydrogen) atoms. The van der Waals surface area contributed by atoms with Crippen molar-refractivity contribution in [3.8, 4) is 0 Å². The van der Waals surface area contributed by atoms with Gasteiger partial charge in [-0.25, -0.2) is 0 Å². The van der Waals surface area contributed by atoms with Gasteiger partial charge in [0.05, 0.1) is 0 Å². The summed E-state index contributed by atoms with van der Waals surface area (Å²) in [7, 11) is -3.97. The van der Waals surface area contributed by atoms with Crippen LogP contribution in [-0.2, 0) is 13.3 Å². The fraction of sp³-hybridized carbons (Fsp3) is 1.00. The maximum absolute atomic E-state index is 6.02. The van der Waals surface area contributed by atoms with Crippen molar-refractivity contribution in [2.24, 2.45) is 0 Å². The standard InChI is InChI=1S/C25H59N3O3Si2/c1-10-25(24-26-20-19-23-33(29-13-4,30-14-5)31-15-6)28(22-21-27(11-2)12-3)32(16-7,17-8)18-9/h25-26H,10-24H2,1-9H3. The van der Waals surface area contributed by atoms with Crippen molar-refractivity contribution in [2.75, 3.05) is 59.1 Å². The molecule has 0 aliphatic heterocycles. The molecule has 0 aliphatic carbocycles. The van der Waals surface area contributed by atoms with Gasteiger partial charge in [0.1, 0.15) is 8.24 Å². The van der Waals surface area contributed by atoms with Crippen molar-refractivity contribution in [3.63, 3.8) is 0 Å². The molecule has 1 unspecified atom stereocenters. The molecule has 0 saturated carbocycles. The Kier molecular flexibility index (Phi) is 19.5. The van der Waals surface area contributed by atoms with Crippen LogP contribution in [0.4, 0.5) is 0 Å². The lowest BCUT2D eigenvalue weighted by Crippen LogP contribution is -2.60. The highest BCUT2D eigenvalue weighted by Crippen LogP contribution is 2.28. The molecule has 0 saturated heterocycles. The summed E-state index contributed by atoms with van der Waals surface area (Å²) in [6.45, 7) is 29.0. The lowest BCUT2D eigenvalue weighted by atomic mass is 10.2. The predicted octanol–water partition coefficient (Wildman–Crippen LogP) is 5.44. The zero-order valence-corrected chi connectivity index (χ0v) is 25.8. The minimum Gasteiger partial charge on any atom is -0.374 e. The summed E-state index contributed by atoms with van der Waals surface area (Å²) >= 11 is 0. The van der Waals surface area contributed by atoms with E-state index in [4.69, 9.17) is 13.3 Å². The van der Waals surface area contributed by atoms with E-state index in [1.807, 2.05) is 20.8 Å². The number of nitrogens with one attached hydrogen (secondary N) is 1. The van der Waals surface area contributed by atoms with Gasteiger partial charge in [0, 0.05) is 51.5 Å². The minimum absolute atomic E-state index is 0.611. The van der Waals surface area contributed by atoms with Gasteiger partial charge in [-0.2, -0.15) is 0 Å². The molecule has 0 heterocycles. The third-order valence-electron chi connectivity index (χ3n) is 7.36. The van der Waals surface area contributed by atoms with E-state index in [-0.39, 0.29) is 0 Å². The number of nitrogens with zero attached hydrogens (tertiary/aromatic N) is 2. The summed E-state index contributed by atoms with van der Waals surface area (Å²) < 4.78 is 21.0. The van der Waals surface area contributed by atoms with Crippen LogP contribution in [0, 0.1) is 0 Å². The van der Waals surface area contributed by atoms with Gasteiger partial charge in [-0.05, 0) is 71.4 Å². The minimum atomic E-state index is -2.53. The van der Waals surface area contributed by atoms with E-state index in [0.717, 1.165) is 38.6 Å². The highest BCUT2D eigenvalue weighted by Gasteiger charge is 2.40. The molecule has 8 heteroatoms. The zero-order valence-electron chi connectivity index (χ0n) is 23.8. The topological polar surface area (TPSA) is 46.2 Å². The fourth-order valence-corrected chi connectivity index (χ4v) is 12.1. The molecule has 1 atom stereocenters. The second-order valence-electron chi connectivity index (χ2n) is 8.86. The fourth-order valence-electron chi connectivity index (χ4n) is 5.13. The molecular formula is C25H59N3O3Si2. The third kappa shape index (κ3) is 11.2. The first kappa shape index (κ1) is 33.2. The molecule has 0 spiro atoms. The monoisotopic (exact) mass is 505 g/mol. The Hall–Kier alpha value is 0.194. The van der Waals surface area contributed by atoms with Gasteiger partial charge in [-0.1, -0.05) is 41.5 Å². The maximum Gasteiger partial charge on any atom is 0.500 e. The molecule has 0 bridgehead atoms. The molecule has 200 valence electrons. The number of rotatable bonds is 23. The van der Waals surface area contributed by atoms with Crippen LogP contribution in [0.15, 0.2) is 0 Å². The van der Waals surface area contributed by atoms with Crippen LogP contribution in [-0.4, -0.2) is 91.6 Å². The van der Waals surface area contributed by atoms with Crippen LogP contribution in [0.25, 0.3) is 0 Å². The molecule has 0 aliphatic rings. The van der Waals surface area contributed by atoms with Gasteiger partial charge >= 0.3 is 8.80 Å². The van der Waals surface area contributed by atoms with Crippen molar-refractivity contribution in [2.45, 2.75) is 105 Å². The summed E-state index contributed by atoms with van der Waals surface area (Å²) in [5.41, 5.74) is 0. The summed E-state index contributed by atoms with van der Waals surface area (Å²) in [6, 6.07) is 5.54. The highest BCUT2D eigenvalue weighted by molar-refractivity contribution is 6.77. The van der Waals surface area contributed by atoms with Crippen molar-refractivity contribution >= 4 is 17.0 Å². The first-order valence-electron chi connectivity index (χ1n) is 14.0. The van der Waals surface area contributed by atoms with Gasteiger partial charge in [-0.15, -0.1) is 0 Å². The van der Waals surface area contributed by atoms with E-state index >= 15 is 0 Å². The molecule has 0 aromatic heterocycles. The van der Waals surface area contributed by atoms with Crippen molar-refractivity contribution < 1.29 is 13.3 Å². The normalized spacial score (nSPS) is 13.9. The van der Waals surface area contributed by atoms with E-state index in [2.05, 4.69) is 56.3 Å². The predicted molar refractivity (Wildman–Crippen MR) is 149 cm³/mol. The SMILES string of the molecule is CCO[Si](CCCNCC(CC)N(CCN(CC)CC)[Si](CC)(CC)CC)(OCC)OCC. The quantitative estimate of drug-likeness (QED) is 0.147. The van der Waals surface area contributed by atoms with E-state index in [9.17, 15) is 0 Å². The van der Waals surface area contributed by atoms with E-state index < -0.39 is 17.0 Å². The van der Waals surface area contributed by atoms with E-state index in [0.29, 0.717) is 25.9 Å². The Morgan fingerprint density at radius 2 is 1.24 bits per heavy atom. The van der Waals surface area contributed by atoms with Crippen molar-refractivity contribution in [1.82, 2.24) is 14.8 Å². The Bertz CT molecular complexity index is 427. The lowest BCUT2D eigenvalue weighted by Gasteiger charge is -2.46. The summed E-state index contributed by atoms with van der Waals surface area (Å²) in [5, 5.41) is 3.80. The smallest absolute Gasteiger partial charge is 0.374 e. The molecule has 0 amide bonds. The zero-order chi connectivity index (χ0) is 25.2. The Morgan fingerprint density at radius 1 is 0.727 bits per heavy atom. The molecule has 0 fully saturated rings. The average Bonchev–Trinajstić information content (AvgIpc) is 2.83. The van der Waals surface area contributed by atoms with Gasteiger partial charge < -0.3 is 28.1 Å². The lowest BCUT2D eigenvalue weighted by molar-refractivity contribution is 0.0708. The second-order valence-corrected chi connectivity index (χ2v) is 16.7. The van der Waals surface area contributed by atoms with Gasteiger partial charge in [0.25, 0.3) is 0 Å². The first-order valence-corrected chi connectivity index (χ1v) is 18.5. The Morgan fingerprint density at radius 3 is 1.64 bits per heavy atom. The van der Waals surface area contributed by atoms with Crippen LogP contribution < -0.4 is 5.32 Å². The molecular weight excluding hydrogens is 446 g/mol. The first-order chi connectivity index (χ1) is 15.9. The second kappa shape index (κ2) is 19.4.